The lowest BCUT2D eigenvalue weighted by Gasteiger charge is -2.24. The molecule has 20 heavy (non-hydrogen) atoms. The minimum absolute atomic E-state index is 0.369. The Morgan fingerprint density at radius 3 is 2.45 bits per heavy atom. The number of benzene rings is 1. The minimum Gasteiger partial charge on any atom is -0.322 e. The first-order valence-electron chi connectivity index (χ1n) is 5.89. The highest BCUT2D eigenvalue weighted by atomic mass is 19.1. The molecule has 0 aliphatic carbocycles. The number of rotatable bonds is 5. The van der Waals surface area contributed by atoms with Crippen molar-refractivity contribution in [1.29, 1.82) is 0 Å². The topological polar surface area (TPSA) is 84.3 Å². The molecule has 0 aromatic heterocycles. The van der Waals surface area contributed by atoms with E-state index in [0.29, 0.717) is 18.7 Å². The van der Waals surface area contributed by atoms with Gasteiger partial charge in [-0.1, -0.05) is 6.92 Å². The second-order valence-corrected chi connectivity index (χ2v) is 4.65. The molecule has 1 rings (SSSR count). The molecule has 0 saturated heterocycles. The molecule has 0 atom stereocenters. The number of hydrogen-bond donors (Lipinski definition) is 2. The number of hydrogen-bond acceptors (Lipinski definition) is 4. The van der Waals surface area contributed by atoms with E-state index in [0.717, 1.165) is 0 Å². The molecular formula is C12H15F2N3O3. The average Bonchev–Trinajstić information content (AvgIpc) is 2.31. The fraction of sp³-hybridized carbons (Fsp3) is 0.417. The summed E-state index contributed by atoms with van der Waals surface area (Å²) in [6.07, 6.45) is 0. The van der Waals surface area contributed by atoms with E-state index in [4.69, 9.17) is 0 Å². The van der Waals surface area contributed by atoms with Crippen molar-refractivity contribution in [2.75, 3.05) is 11.9 Å². The van der Waals surface area contributed by atoms with Gasteiger partial charge in [-0.3, -0.25) is 14.9 Å². The van der Waals surface area contributed by atoms with Crippen LogP contribution in [0.2, 0.25) is 0 Å². The van der Waals surface area contributed by atoms with Crippen LogP contribution in [-0.2, 0) is 4.79 Å². The molecule has 0 heterocycles. The van der Waals surface area contributed by atoms with Crippen LogP contribution >= 0.6 is 0 Å². The van der Waals surface area contributed by atoms with Crippen LogP contribution in [0.1, 0.15) is 20.8 Å². The number of nitrogens with zero attached hydrogens (tertiary/aromatic N) is 1. The normalized spacial score (nSPS) is 11.2. The molecule has 0 radical (unpaired) electrons. The lowest BCUT2D eigenvalue weighted by atomic mass is 10.0. The predicted octanol–water partition coefficient (Wildman–Crippen LogP) is 2.20. The summed E-state index contributed by atoms with van der Waals surface area (Å²) in [5, 5.41) is 15.7. The fourth-order valence-corrected chi connectivity index (χ4v) is 1.57. The second-order valence-electron chi connectivity index (χ2n) is 4.65. The lowest BCUT2D eigenvalue weighted by molar-refractivity contribution is -0.387. The van der Waals surface area contributed by atoms with E-state index in [-0.39, 0.29) is 0 Å². The van der Waals surface area contributed by atoms with E-state index in [1.54, 1.807) is 20.8 Å². The Bertz CT molecular complexity index is 547. The number of likely N-dealkylation sites (N-methyl/N-ethyl adjacent to an activating group) is 1. The maximum Gasteiger partial charge on any atom is 0.307 e. The molecule has 0 unspecified atom stereocenters. The summed E-state index contributed by atoms with van der Waals surface area (Å²) < 4.78 is 26.7. The van der Waals surface area contributed by atoms with Crippen molar-refractivity contribution in [1.82, 2.24) is 5.32 Å². The number of nitro benzene ring substituents is 1. The summed E-state index contributed by atoms with van der Waals surface area (Å²) in [5.41, 5.74) is -2.33. The maximum atomic E-state index is 13.5. The van der Waals surface area contributed by atoms with E-state index in [1.165, 1.54) is 0 Å². The molecule has 1 aromatic rings. The average molecular weight is 287 g/mol. The van der Waals surface area contributed by atoms with Crippen molar-refractivity contribution in [2.45, 2.75) is 26.3 Å². The zero-order valence-corrected chi connectivity index (χ0v) is 11.3. The summed E-state index contributed by atoms with van der Waals surface area (Å²) in [7, 11) is 0. The highest BCUT2D eigenvalue weighted by Gasteiger charge is 2.28. The zero-order chi connectivity index (χ0) is 15.5. The monoisotopic (exact) mass is 287 g/mol. The first kappa shape index (κ1) is 16.0. The molecule has 0 saturated carbocycles. The Morgan fingerprint density at radius 1 is 1.35 bits per heavy atom. The number of amides is 1. The number of carbonyl (C=O) groups is 1. The molecule has 0 aliphatic rings. The SMILES string of the molecule is CCNC(C)(C)C(=O)Nc1cc([N+](=O)[O-])c(F)cc1F. The maximum absolute atomic E-state index is 13.5. The van der Waals surface area contributed by atoms with Gasteiger partial charge in [0.1, 0.15) is 5.82 Å². The van der Waals surface area contributed by atoms with Crippen molar-refractivity contribution < 1.29 is 18.5 Å². The molecular weight excluding hydrogens is 272 g/mol. The third kappa shape index (κ3) is 3.47. The fourth-order valence-electron chi connectivity index (χ4n) is 1.57. The Labute approximate surface area is 114 Å². The van der Waals surface area contributed by atoms with Gasteiger partial charge in [0.2, 0.25) is 11.7 Å². The van der Waals surface area contributed by atoms with Crippen LogP contribution in [0.15, 0.2) is 12.1 Å². The van der Waals surface area contributed by atoms with Gasteiger partial charge in [-0.15, -0.1) is 0 Å². The van der Waals surface area contributed by atoms with E-state index < -0.39 is 39.4 Å². The highest BCUT2D eigenvalue weighted by Crippen LogP contribution is 2.25. The third-order valence-corrected chi connectivity index (χ3v) is 2.67. The van der Waals surface area contributed by atoms with Crippen LogP contribution in [0.3, 0.4) is 0 Å². The summed E-state index contributed by atoms with van der Waals surface area (Å²) in [5.74, 6) is -2.95. The quantitative estimate of drug-likeness (QED) is 0.642. The predicted molar refractivity (Wildman–Crippen MR) is 69.4 cm³/mol. The van der Waals surface area contributed by atoms with Crippen LogP contribution in [0.5, 0.6) is 0 Å². The van der Waals surface area contributed by atoms with E-state index in [1.807, 2.05) is 0 Å². The van der Waals surface area contributed by atoms with Crippen LogP contribution in [0, 0.1) is 21.7 Å². The zero-order valence-electron chi connectivity index (χ0n) is 11.3. The Morgan fingerprint density at radius 2 is 1.95 bits per heavy atom. The Balaban J connectivity index is 3.07. The molecule has 0 fully saturated rings. The first-order valence-corrected chi connectivity index (χ1v) is 5.89. The molecule has 1 amide bonds. The number of nitro groups is 1. The smallest absolute Gasteiger partial charge is 0.307 e. The summed E-state index contributed by atoms with van der Waals surface area (Å²) in [4.78, 5) is 21.5. The molecule has 1 aromatic carbocycles. The largest absolute Gasteiger partial charge is 0.322 e. The summed E-state index contributed by atoms with van der Waals surface area (Å²) >= 11 is 0. The van der Waals surface area contributed by atoms with Crippen molar-refractivity contribution in [3.63, 3.8) is 0 Å². The molecule has 0 aliphatic heterocycles. The summed E-state index contributed by atoms with van der Waals surface area (Å²) in [6, 6.07) is 1.03. The van der Waals surface area contributed by atoms with Gasteiger partial charge >= 0.3 is 5.69 Å². The molecule has 0 bridgehead atoms. The van der Waals surface area contributed by atoms with Gasteiger partial charge < -0.3 is 10.6 Å². The van der Waals surface area contributed by atoms with Crippen LogP contribution < -0.4 is 10.6 Å². The van der Waals surface area contributed by atoms with Crippen molar-refractivity contribution >= 4 is 17.3 Å². The van der Waals surface area contributed by atoms with Gasteiger partial charge in [0, 0.05) is 12.1 Å². The van der Waals surface area contributed by atoms with Gasteiger partial charge in [0.25, 0.3) is 0 Å². The number of halogens is 2. The van der Waals surface area contributed by atoms with Gasteiger partial charge in [-0.05, 0) is 20.4 Å². The van der Waals surface area contributed by atoms with Crippen LogP contribution in [-0.4, -0.2) is 22.9 Å². The highest BCUT2D eigenvalue weighted by molar-refractivity contribution is 5.97. The van der Waals surface area contributed by atoms with Crippen molar-refractivity contribution in [3.8, 4) is 0 Å². The Hall–Kier alpha value is -2.09. The van der Waals surface area contributed by atoms with E-state index in [2.05, 4.69) is 10.6 Å². The van der Waals surface area contributed by atoms with Crippen molar-refractivity contribution in [2.24, 2.45) is 0 Å². The second kappa shape index (κ2) is 5.91. The molecule has 6 nitrogen and oxygen atoms in total. The molecule has 0 spiro atoms. The van der Waals surface area contributed by atoms with Gasteiger partial charge in [-0.2, -0.15) is 4.39 Å². The van der Waals surface area contributed by atoms with Gasteiger partial charge in [0.15, 0.2) is 0 Å². The number of carbonyl (C=O) groups excluding carboxylic acids is 1. The molecule has 110 valence electrons. The number of anilines is 1. The van der Waals surface area contributed by atoms with E-state index in [9.17, 15) is 23.7 Å². The molecule has 8 heteroatoms. The van der Waals surface area contributed by atoms with Gasteiger partial charge in [0.05, 0.1) is 16.1 Å². The standard InChI is InChI=1S/C12H15F2N3O3/c1-4-15-12(2,3)11(18)16-9-6-10(17(19)20)8(14)5-7(9)13/h5-6,15H,4H2,1-3H3,(H,16,18). The lowest BCUT2D eigenvalue weighted by Crippen LogP contribution is -2.49. The first-order chi connectivity index (χ1) is 9.19. The minimum atomic E-state index is -1.29. The van der Waals surface area contributed by atoms with Crippen LogP contribution in [0.4, 0.5) is 20.2 Å². The third-order valence-electron chi connectivity index (χ3n) is 2.67. The van der Waals surface area contributed by atoms with Crippen LogP contribution in [0.25, 0.3) is 0 Å². The van der Waals surface area contributed by atoms with E-state index >= 15 is 0 Å². The molecule has 2 N–H and O–H groups in total. The Kier molecular flexibility index (Phi) is 4.72. The number of nitrogens with one attached hydrogen (secondary N) is 2. The van der Waals surface area contributed by atoms with Crippen molar-refractivity contribution in [3.05, 3.63) is 33.9 Å². The summed E-state index contributed by atoms with van der Waals surface area (Å²) in [6.45, 7) is 5.44. The van der Waals surface area contributed by atoms with Gasteiger partial charge in [-0.25, -0.2) is 4.39 Å².